The van der Waals surface area contributed by atoms with Crippen molar-refractivity contribution in [3.05, 3.63) is 167 Å². The van der Waals surface area contributed by atoms with Gasteiger partial charge in [-0.1, -0.05) is 164 Å². The SMILES string of the molecule is [2H]c1c([2H])c(C([2H])([2H])[2H])c([2H])c([2H])c1-c1ccnc(-c2[c-]c(-c3cccc4c3nc(-c3cc(C(C)C)cc(C(C)C)c3O)n4-c3ccc(-c4ccccc4)c(CC(C)C)c3)cc(C(C)(C)C)c2)c1.[Pt]. The standard InChI is InChI=1S/C57H58N3O.Pt/c1-35(2)27-43-31-47(23-24-48(43)40-15-12-11-13-16-40)60-53-18-14-17-49(54(53)59-56(60)51-33-42(36(3)4)32-50(37(5)6)55(51)61)44-28-45(30-46(29-44)57(8,9)10)52-34-41(25-26-58-52)39-21-19-38(7)20-22-39;/h11-26,29-37,61H,27H2,1-10H3;/q-1;/i7D3,19D,20D,21D,22D;. The van der Waals surface area contributed by atoms with Gasteiger partial charge in [0.2, 0.25) is 0 Å². The third-order valence-electron chi connectivity index (χ3n) is 11.4. The van der Waals surface area contributed by atoms with Crippen molar-refractivity contribution in [1.29, 1.82) is 0 Å². The molecule has 6 aromatic carbocycles. The Hall–Kier alpha value is -5.57. The zero-order valence-electron chi connectivity index (χ0n) is 43.9. The van der Waals surface area contributed by atoms with E-state index in [9.17, 15) is 5.11 Å². The van der Waals surface area contributed by atoms with Gasteiger partial charge in [0.1, 0.15) is 11.6 Å². The minimum Gasteiger partial charge on any atom is -0.507 e. The monoisotopic (exact) mass is 1000 g/mol. The summed E-state index contributed by atoms with van der Waals surface area (Å²) in [6.07, 6.45) is 2.41. The Kier molecular flexibility index (Phi) is 10.5. The number of rotatable bonds is 10. The van der Waals surface area contributed by atoms with E-state index >= 15 is 0 Å². The van der Waals surface area contributed by atoms with Gasteiger partial charge in [0.05, 0.1) is 22.1 Å². The first-order valence-corrected chi connectivity index (χ1v) is 21.3. The topological polar surface area (TPSA) is 50.9 Å². The van der Waals surface area contributed by atoms with Crippen LogP contribution in [0, 0.1) is 18.8 Å². The fourth-order valence-electron chi connectivity index (χ4n) is 8.09. The first kappa shape index (κ1) is 36.0. The minimum atomic E-state index is -2.82. The maximum Gasteiger partial charge on any atom is 0.148 e. The van der Waals surface area contributed by atoms with E-state index < -0.39 is 36.6 Å². The summed E-state index contributed by atoms with van der Waals surface area (Å²) in [5.74, 6) is 1.46. The summed E-state index contributed by atoms with van der Waals surface area (Å²) < 4.78 is 60.7. The molecule has 0 atom stereocenters. The number of aromatic nitrogens is 3. The van der Waals surface area contributed by atoms with Crippen molar-refractivity contribution in [3.63, 3.8) is 0 Å². The van der Waals surface area contributed by atoms with E-state index in [4.69, 9.17) is 19.6 Å². The van der Waals surface area contributed by atoms with Crippen LogP contribution in [0.2, 0.25) is 0 Å². The minimum absolute atomic E-state index is 0. The molecule has 0 fully saturated rings. The van der Waals surface area contributed by atoms with Crippen LogP contribution < -0.4 is 0 Å². The molecule has 0 saturated carbocycles. The van der Waals surface area contributed by atoms with Crippen molar-refractivity contribution in [2.45, 2.75) is 92.8 Å². The molecule has 0 bridgehead atoms. The molecule has 62 heavy (non-hydrogen) atoms. The number of fused-ring (bicyclic) bond motifs is 1. The average Bonchev–Trinajstić information content (AvgIpc) is 3.67. The zero-order chi connectivity index (χ0) is 49.1. The Bertz CT molecular complexity index is 3190. The second kappa shape index (κ2) is 18.0. The normalized spacial score (nSPS) is 13.6. The summed E-state index contributed by atoms with van der Waals surface area (Å²) >= 11 is 0. The van der Waals surface area contributed by atoms with Gasteiger partial charge in [0.25, 0.3) is 0 Å². The second-order valence-corrected chi connectivity index (χ2v) is 18.2. The summed E-state index contributed by atoms with van der Waals surface area (Å²) in [5, 5.41) is 12.2. The Balaban J connectivity index is 0.00000703. The molecule has 0 spiro atoms. The summed E-state index contributed by atoms with van der Waals surface area (Å²) in [5.41, 5.74) is 11.7. The van der Waals surface area contributed by atoms with E-state index in [1.807, 2.05) is 24.3 Å². The van der Waals surface area contributed by atoms with Crippen LogP contribution in [-0.2, 0) is 32.9 Å². The zero-order valence-corrected chi connectivity index (χ0v) is 39.2. The maximum atomic E-state index is 12.2. The van der Waals surface area contributed by atoms with E-state index in [0.29, 0.717) is 39.6 Å². The quantitative estimate of drug-likeness (QED) is 0.139. The Morgan fingerprint density at radius 2 is 1.47 bits per heavy atom. The van der Waals surface area contributed by atoms with Crippen LogP contribution in [0.4, 0.5) is 0 Å². The predicted molar refractivity (Wildman–Crippen MR) is 257 cm³/mol. The number of hydrogen-bond donors (Lipinski definition) is 1. The van der Waals surface area contributed by atoms with Crippen molar-refractivity contribution in [2.24, 2.45) is 5.92 Å². The van der Waals surface area contributed by atoms with Gasteiger partial charge in [0.15, 0.2) is 0 Å². The molecule has 318 valence electrons. The molecule has 8 rings (SSSR count). The molecule has 5 heteroatoms. The Labute approximate surface area is 393 Å². The fraction of sp³-hybridized carbons (Fsp3) is 0.263. The fourth-order valence-corrected chi connectivity index (χ4v) is 8.09. The van der Waals surface area contributed by atoms with Crippen molar-refractivity contribution in [3.8, 4) is 67.5 Å². The van der Waals surface area contributed by atoms with Gasteiger partial charge < -0.3 is 5.11 Å². The van der Waals surface area contributed by atoms with Crippen LogP contribution in [0.5, 0.6) is 5.75 Å². The molecule has 8 aromatic rings. The van der Waals surface area contributed by atoms with Crippen LogP contribution >= 0.6 is 0 Å². The Morgan fingerprint density at radius 3 is 2.15 bits per heavy atom. The molecule has 0 saturated heterocycles. The largest absolute Gasteiger partial charge is 0.507 e. The number of benzene rings is 6. The molecular formula is C57H58N3OPt-. The van der Waals surface area contributed by atoms with Crippen LogP contribution in [-0.4, -0.2) is 19.6 Å². The molecule has 0 aliphatic heterocycles. The predicted octanol–water partition coefficient (Wildman–Crippen LogP) is 15.3. The maximum absolute atomic E-state index is 12.2. The van der Waals surface area contributed by atoms with Gasteiger partial charge in [-0.15, -0.1) is 29.3 Å². The number of nitrogens with zero attached hydrogens (tertiary/aromatic N) is 3. The summed E-state index contributed by atoms with van der Waals surface area (Å²) in [4.78, 5) is 10.3. The molecule has 0 aliphatic carbocycles. The smallest absolute Gasteiger partial charge is 0.148 e. The summed E-state index contributed by atoms with van der Waals surface area (Å²) in [7, 11) is 0. The van der Waals surface area contributed by atoms with E-state index in [2.05, 4.69) is 140 Å². The third kappa shape index (κ3) is 8.99. The van der Waals surface area contributed by atoms with Gasteiger partial charge in [-0.2, -0.15) is 0 Å². The number of phenolic OH excluding ortho intramolecular Hbond substituents is 1. The van der Waals surface area contributed by atoms with Crippen molar-refractivity contribution < 1.29 is 35.8 Å². The summed E-state index contributed by atoms with van der Waals surface area (Å²) in [6.45, 7) is 16.6. The van der Waals surface area contributed by atoms with Gasteiger partial charge in [-0.05, 0) is 106 Å². The van der Waals surface area contributed by atoms with E-state index in [0.717, 1.165) is 51.0 Å². The molecule has 0 radical (unpaired) electrons. The second-order valence-electron chi connectivity index (χ2n) is 18.2. The molecule has 0 aliphatic rings. The van der Waals surface area contributed by atoms with E-state index in [-0.39, 0.29) is 49.6 Å². The average molecular weight is 1000 g/mol. The molecule has 0 amide bonds. The van der Waals surface area contributed by atoms with Crippen LogP contribution in [0.3, 0.4) is 0 Å². The number of phenols is 1. The van der Waals surface area contributed by atoms with E-state index in [1.54, 1.807) is 18.3 Å². The number of imidazole rings is 1. The number of pyridine rings is 1. The number of aromatic hydroxyl groups is 1. The van der Waals surface area contributed by atoms with Crippen LogP contribution in [0.25, 0.3) is 72.7 Å². The van der Waals surface area contributed by atoms with Crippen LogP contribution in [0.1, 0.15) is 112 Å². The molecular weight excluding hydrogens is 938 g/mol. The first-order chi connectivity index (χ1) is 32.0. The Morgan fingerprint density at radius 1 is 0.726 bits per heavy atom. The van der Waals surface area contributed by atoms with Gasteiger partial charge in [0, 0.05) is 42.8 Å². The molecule has 2 aromatic heterocycles. The van der Waals surface area contributed by atoms with Crippen molar-refractivity contribution in [1.82, 2.24) is 14.5 Å². The molecule has 1 N–H and O–H groups in total. The summed E-state index contributed by atoms with van der Waals surface area (Å²) in [6, 6.07) is 36.5. The molecule has 2 heterocycles. The van der Waals surface area contributed by atoms with Crippen LogP contribution in [0.15, 0.2) is 133 Å². The van der Waals surface area contributed by atoms with Crippen molar-refractivity contribution >= 4 is 11.0 Å². The van der Waals surface area contributed by atoms with Crippen molar-refractivity contribution in [2.75, 3.05) is 0 Å². The van der Waals surface area contributed by atoms with E-state index in [1.165, 1.54) is 11.1 Å². The molecule has 4 nitrogen and oxygen atoms in total. The molecule has 0 unspecified atom stereocenters. The number of hydrogen-bond acceptors (Lipinski definition) is 3. The number of para-hydroxylation sites is 1. The first-order valence-electron chi connectivity index (χ1n) is 24.8. The van der Waals surface area contributed by atoms with Gasteiger partial charge in [-0.25, -0.2) is 4.98 Å². The van der Waals surface area contributed by atoms with Gasteiger partial charge >= 0.3 is 0 Å². The third-order valence-corrected chi connectivity index (χ3v) is 11.4. The van der Waals surface area contributed by atoms with Gasteiger partial charge in [-0.3, -0.25) is 9.55 Å².